The molecule has 0 aliphatic carbocycles. The van der Waals surface area contributed by atoms with Gasteiger partial charge >= 0.3 is 11.9 Å². The second-order valence-corrected chi connectivity index (χ2v) is 7.23. The quantitative estimate of drug-likeness (QED) is 0.115. The first-order valence-corrected chi connectivity index (χ1v) is 10.1. The molecule has 1 aromatic heterocycles. The van der Waals surface area contributed by atoms with Gasteiger partial charge in [-0.25, -0.2) is 9.78 Å². The lowest BCUT2D eigenvalue weighted by Gasteiger charge is -2.24. The standard InChI is InChI=1S/C17H25N7O8S/c18-8(5-33)14(28)22-10(3-13(26)27)16(30)23-9(1-7-4-20-6-21-7)15(29)24-11(17(31)32)2-12(19)25/h4,6,8-11,33H,1-3,5,18H2,(H2,19,25)(H,20,21)(H,22,28)(H,23,30)(H,24,29)(H,26,27)(H,31,32). The number of primary amides is 1. The Bertz CT molecular complexity index is 879. The minimum absolute atomic E-state index is 0.0749. The molecule has 0 fully saturated rings. The van der Waals surface area contributed by atoms with Crippen LogP contribution < -0.4 is 27.4 Å². The molecule has 15 nitrogen and oxygen atoms in total. The summed E-state index contributed by atoms with van der Waals surface area (Å²) in [5.41, 5.74) is 10.9. The summed E-state index contributed by atoms with van der Waals surface area (Å²) in [6, 6.07) is -5.82. The Balaban J connectivity index is 3.08. The topological polar surface area (TPSA) is 260 Å². The predicted octanol–water partition coefficient (Wildman–Crippen LogP) is -3.90. The molecule has 0 saturated heterocycles. The number of hydrogen-bond acceptors (Lipinski definition) is 9. The van der Waals surface area contributed by atoms with Gasteiger partial charge in [0.05, 0.1) is 25.2 Å². The largest absolute Gasteiger partial charge is 0.481 e. The fourth-order valence-electron chi connectivity index (χ4n) is 2.52. The molecule has 0 aliphatic rings. The number of aliphatic carboxylic acids is 2. The Kier molecular flexibility index (Phi) is 10.8. The molecule has 0 aromatic carbocycles. The lowest BCUT2D eigenvalue weighted by Crippen LogP contribution is -2.58. The smallest absolute Gasteiger partial charge is 0.326 e. The van der Waals surface area contributed by atoms with Crippen molar-refractivity contribution in [1.82, 2.24) is 25.9 Å². The summed E-state index contributed by atoms with van der Waals surface area (Å²) in [4.78, 5) is 77.5. The number of aromatic amines is 1. The van der Waals surface area contributed by atoms with E-state index in [0.717, 1.165) is 0 Å². The van der Waals surface area contributed by atoms with Crippen LogP contribution in [0.2, 0.25) is 0 Å². The summed E-state index contributed by atoms with van der Waals surface area (Å²) in [6.45, 7) is 0. The van der Waals surface area contributed by atoms with E-state index in [0.29, 0.717) is 5.69 Å². The highest BCUT2D eigenvalue weighted by molar-refractivity contribution is 7.80. The molecule has 0 aliphatic heterocycles. The summed E-state index contributed by atoms with van der Waals surface area (Å²) in [6.07, 6.45) is 0.905. The lowest BCUT2D eigenvalue weighted by molar-refractivity contribution is -0.144. The van der Waals surface area contributed by atoms with E-state index < -0.39 is 72.6 Å². The van der Waals surface area contributed by atoms with Crippen LogP contribution in [-0.2, 0) is 35.2 Å². The van der Waals surface area contributed by atoms with Crippen LogP contribution in [0.3, 0.4) is 0 Å². The fourth-order valence-corrected chi connectivity index (χ4v) is 2.68. The second-order valence-electron chi connectivity index (χ2n) is 6.86. The number of nitrogens with one attached hydrogen (secondary N) is 4. The number of nitrogens with zero attached hydrogens (tertiary/aromatic N) is 1. The maximum atomic E-state index is 12.7. The van der Waals surface area contributed by atoms with Crippen LogP contribution in [0.4, 0.5) is 0 Å². The molecular weight excluding hydrogens is 462 g/mol. The highest BCUT2D eigenvalue weighted by Gasteiger charge is 2.32. The molecule has 10 N–H and O–H groups in total. The van der Waals surface area contributed by atoms with Crippen molar-refractivity contribution in [3.8, 4) is 0 Å². The van der Waals surface area contributed by atoms with Crippen LogP contribution in [-0.4, -0.2) is 85.7 Å². The Morgan fingerprint density at radius 2 is 1.55 bits per heavy atom. The van der Waals surface area contributed by atoms with Gasteiger partial charge in [-0.1, -0.05) is 0 Å². The number of H-pyrrole nitrogens is 1. The number of aromatic nitrogens is 2. The number of amides is 4. The zero-order valence-electron chi connectivity index (χ0n) is 17.2. The van der Waals surface area contributed by atoms with E-state index in [1.807, 2.05) is 0 Å². The molecule has 4 atom stereocenters. The average Bonchev–Trinajstić information content (AvgIpc) is 3.23. The van der Waals surface area contributed by atoms with E-state index in [1.165, 1.54) is 12.5 Å². The minimum atomic E-state index is -1.67. The van der Waals surface area contributed by atoms with Crippen molar-refractivity contribution in [2.45, 2.75) is 43.4 Å². The molecular formula is C17H25N7O8S. The Labute approximate surface area is 192 Å². The Morgan fingerprint density at radius 3 is 2.03 bits per heavy atom. The normalized spacial score (nSPS) is 14.2. The monoisotopic (exact) mass is 487 g/mol. The molecule has 1 aromatic rings. The van der Waals surface area contributed by atoms with Gasteiger partial charge in [0.25, 0.3) is 0 Å². The fraction of sp³-hybridized carbons (Fsp3) is 0.471. The zero-order chi connectivity index (χ0) is 25.1. The van der Waals surface area contributed by atoms with Gasteiger partial charge in [0.1, 0.15) is 18.1 Å². The molecule has 1 heterocycles. The third kappa shape index (κ3) is 9.56. The molecule has 1 rings (SSSR count). The number of imidazole rings is 1. The third-order valence-electron chi connectivity index (χ3n) is 4.18. The second kappa shape index (κ2) is 13.0. The molecule has 0 saturated carbocycles. The van der Waals surface area contributed by atoms with E-state index in [2.05, 4.69) is 38.5 Å². The van der Waals surface area contributed by atoms with Gasteiger partial charge in [0, 0.05) is 24.1 Å². The number of thiol groups is 1. The van der Waals surface area contributed by atoms with E-state index in [4.69, 9.17) is 16.6 Å². The van der Waals surface area contributed by atoms with Crippen molar-refractivity contribution in [3.63, 3.8) is 0 Å². The molecule has 33 heavy (non-hydrogen) atoms. The summed E-state index contributed by atoms with van der Waals surface area (Å²) < 4.78 is 0. The van der Waals surface area contributed by atoms with Crippen molar-refractivity contribution >= 4 is 48.2 Å². The molecule has 0 spiro atoms. The average molecular weight is 487 g/mol. The van der Waals surface area contributed by atoms with Crippen LogP contribution >= 0.6 is 12.6 Å². The minimum Gasteiger partial charge on any atom is -0.481 e. The van der Waals surface area contributed by atoms with E-state index in [-0.39, 0.29) is 12.2 Å². The Morgan fingerprint density at radius 1 is 0.970 bits per heavy atom. The maximum Gasteiger partial charge on any atom is 0.326 e. The first-order chi connectivity index (χ1) is 15.4. The highest BCUT2D eigenvalue weighted by Crippen LogP contribution is 2.04. The van der Waals surface area contributed by atoms with Crippen molar-refractivity contribution < 1.29 is 39.0 Å². The summed E-state index contributed by atoms with van der Waals surface area (Å²) in [5.74, 6) is -6.90. The third-order valence-corrected chi connectivity index (χ3v) is 4.57. The number of hydrogen-bond donors (Lipinski definition) is 9. The molecule has 182 valence electrons. The van der Waals surface area contributed by atoms with Crippen molar-refractivity contribution in [3.05, 3.63) is 18.2 Å². The van der Waals surface area contributed by atoms with Crippen molar-refractivity contribution in [2.75, 3.05) is 5.75 Å². The molecule has 4 amide bonds. The first kappa shape index (κ1) is 27.4. The van der Waals surface area contributed by atoms with Gasteiger partial charge in [-0.3, -0.25) is 24.0 Å². The van der Waals surface area contributed by atoms with E-state index in [9.17, 15) is 33.9 Å². The van der Waals surface area contributed by atoms with Crippen LogP contribution in [0.1, 0.15) is 18.5 Å². The summed E-state index contributed by atoms with van der Waals surface area (Å²) in [7, 11) is 0. The van der Waals surface area contributed by atoms with Crippen LogP contribution in [0, 0.1) is 0 Å². The molecule has 0 radical (unpaired) electrons. The number of carbonyl (C=O) groups excluding carboxylic acids is 4. The van der Waals surface area contributed by atoms with Gasteiger partial charge in [-0.2, -0.15) is 12.6 Å². The predicted molar refractivity (Wildman–Crippen MR) is 114 cm³/mol. The lowest BCUT2D eigenvalue weighted by atomic mass is 10.1. The van der Waals surface area contributed by atoms with Crippen LogP contribution in [0.25, 0.3) is 0 Å². The Hall–Kier alpha value is -3.66. The number of carbonyl (C=O) groups is 6. The highest BCUT2D eigenvalue weighted by atomic mass is 32.1. The maximum absolute atomic E-state index is 12.7. The number of nitrogens with two attached hydrogens (primary N) is 2. The van der Waals surface area contributed by atoms with Gasteiger partial charge in [0.15, 0.2) is 0 Å². The SMILES string of the molecule is NC(=O)CC(NC(=O)C(Cc1cnc[nH]1)NC(=O)C(CC(=O)O)NC(=O)C(N)CS)C(=O)O. The van der Waals surface area contributed by atoms with Gasteiger partial charge in [0.2, 0.25) is 23.6 Å². The van der Waals surface area contributed by atoms with Gasteiger partial charge in [-0.05, 0) is 0 Å². The van der Waals surface area contributed by atoms with E-state index >= 15 is 0 Å². The molecule has 4 unspecified atom stereocenters. The number of carboxylic acid groups (broad SMARTS) is 2. The first-order valence-electron chi connectivity index (χ1n) is 9.42. The number of carboxylic acids is 2. The zero-order valence-corrected chi connectivity index (χ0v) is 18.1. The number of rotatable bonds is 14. The van der Waals surface area contributed by atoms with Gasteiger partial charge in [-0.15, -0.1) is 0 Å². The van der Waals surface area contributed by atoms with Crippen LogP contribution in [0.5, 0.6) is 0 Å². The molecule has 16 heteroatoms. The summed E-state index contributed by atoms with van der Waals surface area (Å²) in [5, 5.41) is 24.8. The molecule has 0 bridgehead atoms. The van der Waals surface area contributed by atoms with Crippen molar-refractivity contribution in [1.29, 1.82) is 0 Å². The van der Waals surface area contributed by atoms with Gasteiger partial charge < -0.3 is 42.6 Å². The van der Waals surface area contributed by atoms with Crippen molar-refractivity contribution in [2.24, 2.45) is 11.5 Å². The summed E-state index contributed by atoms with van der Waals surface area (Å²) >= 11 is 3.86. The van der Waals surface area contributed by atoms with Crippen LogP contribution in [0.15, 0.2) is 12.5 Å². The van der Waals surface area contributed by atoms with E-state index in [1.54, 1.807) is 0 Å².